The van der Waals surface area contributed by atoms with Gasteiger partial charge in [0.15, 0.2) is 10.8 Å². The highest BCUT2D eigenvalue weighted by atomic mass is 32.1. The molecule has 3 rings (SSSR count). The molecule has 0 aliphatic heterocycles. The number of rotatable bonds is 7. The molecule has 1 N–H and O–H groups in total. The van der Waals surface area contributed by atoms with Crippen LogP contribution in [0.25, 0.3) is 10.8 Å². The highest BCUT2D eigenvalue weighted by Gasteiger charge is 2.12. The van der Waals surface area contributed by atoms with E-state index in [1.165, 1.54) is 0 Å². The van der Waals surface area contributed by atoms with Crippen molar-refractivity contribution in [2.75, 3.05) is 13.2 Å². The lowest BCUT2D eigenvalue weighted by Crippen LogP contribution is -2.25. The molecule has 0 spiro atoms. The van der Waals surface area contributed by atoms with Crippen LogP contribution in [0.15, 0.2) is 47.3 Å². The van der Waals surface area contributed by atoms with Crippen LogP contribution in [0.5, 0.6) is 0 Å². The minimum atomic E-state index is 0.128. The molecule has 23 heavy (non-hydrogen) atoms. The van der Waals surface area contributed by atoms with Crippen molar-refractivity contribution in [1.29, 1.82) is 0 Å². The number of hydrogen-bond donors (Lipinski definition) is 1. The van der Waals surface area contributed by atoms with Crippen LogP contribution in [0.2, 0.25) is 0 Å². The summed E-state index contributed by atoms with van der Waals surface area (Å²) < 4.78 is 5.62. The maximum absolute atomic E-state index is 9.29. The molecule has 3 heterocycles. The molecule has 0 saturated heterocycles. The zero-order chi connectivity index (χ0) is 16.1. The number of aliphatic hydroxyl groups excluding tert-OH is 1. The largest absolute Gasteiger partial charge is 0.459 e. The van der Waals surface area contributed by atoms with Crippen molar-refractivity contribution in [1.82, 2.24) is 14.9 Å². The van der Waals surface area contributed by atoms with Gasteiger partial charge < -0.3 is 9.52 Å². The predicted octanol–water partition coefficient (Wildman–Crippen LogP) is 3.10. The Hall–Kier alpha value is -2.02. The lowest BCUT2D eigenvalue weighted by atomic mass is 10.2. The number of thiazole rings is 1. The lowest BCUT2D eigenvalue weighted by Gasteiger charge is -2.20. The Morgan fingerprint density at radius 1 is 1.22 bits per heavy atom. The summed E-state index contributed by atoms with van der Waals surface area (Å²) in [5.41, 5.74) is 1.13. The summed E-state index contributed by atoms with van der Waals surface area (Å²) in [5, 5.41) is 10.2. The van der Waals surface area contributed by atoms with Gasteiger partial charge in [-0.2, -0.15) is 0 Å². The van der Waals surface area contributed by atoms with Crippen molar-refractivity contribution in [2.45, 2.75) is 20.0 Å². The quantitative estimate of drug-likeness (QED) is 0.722. The monoisotopic (exact) mass is 329 g/mol. The summed E-state index contributed by atoms with van der Waals surface area (Å²) >= 11 is 1.62. The second kappa shape index (κ2) is 7.50. The first-order valence-electron chi connectivity index (χ1n) is 7.48. The van der Waals surface area contributed by atoms with Crippen LogP contribution < -0.4 is 0 Å². The number of aliphatic hydroxyl groups is 1. The third kappa shape index (κ3) is 4.25. The number of pyridine rings is 1. The second-order valence-corrected chi connectivity index (χ2v) is 6.45. The van der Waals surface area contributed by atoms with Gasteiger partial charge in [-0.15, -0.1) is 11.3 Å². The van der Waals surface area contributed by atoms with Gasteiger partial charge in [-0.3, -0.25) is 9.88 Å². The molecular formula is C17H19N3O2S. The van der Waals surface area contributed by atoms with E-state index >= 15 is 0 Å². The van der Waals surface area contributed by atoms with E-state index in [9.17, 15) is 5.11 Å². The highest BCUT2D eigenvalue weighted by molar-refractivity contribution is 7.14. The Bertz CT molecular complexity index is 739. The molecule has 0 amide bonds. The van der Waals surface area contributed by atoms with E-state index in [1.807, 2.05) is 43.6 Å². The topological polar surface area (TPSA) is 62.4 Å². The minimum Gasteiger partial charge on any atom is -0.459 e. The van der Waals surface area contributed by atoms with Crippen molar-refractivity contribution >= 4 is 11.3 Å². The van der Waals surface area contributed by atoms with Crippen LogP contribution in [0.3, 0.4) is 0 Å². The number of aromatic nitrogens is 2. The van der Waals surface area contributed by atoms with Crippen LogP contribution in [-0.4, -0.2) is 33.1 Å². The number of nitrogens with zero attached hydrogens (tertiary/aromatic N) is 3. The maximum atomic E-state index is 9.29. The Balaban J connectivity index is 1.69. The summed E-state index contributed by atoms with van der Waals surface area (Å²) in [7, 11) is 0. The van der Waals surface area contributed by atoms with Gasteiger partial charge in [0.1, 0.15) is 5.76 Å². The SMILES string of the molecule is Cc1ccc(-c2ncc(CN(CCO)Cc3cccnc3)s2)o1. The molecule has 0 saturated carbocycles. The number of furan rings is 1. The zero-order valence-electron chi connectivity index (χ0n) is 13.0. The molecule has 0 bridgehead atoms. The molecule has 0 radical (unpaired) electrons. The average Bonchev–Trinajstić information content (AvgIpc) is 3.17. The molecule has 0 aliphatic carbocycles. The molecular weight excluding hydrogens is 310 g/mol. The predicted molar refractivity (Wildman–Crippen MR) is 90.0 cm³/mol. The van der Waals surface area contributed by atoms with E-state index in [4.69, 9.17) is 4.42 Å². The van der Waals surface area contributed by atoms with E-state index in [-0.39, 0.29) is 6.61 Å². The van der Waals surface area contributed by atoms with E-state index in [2.05, 4.69) is 14.9 Å². The highest BCUT2D eigenvalue weighted by Crippen LogP contribution is 2.27. The van der Waals surface area contributed by atoms with Gasteiger partial charge in [-0.25, -0.2) is 4.98 Å². The van der Waals surface area contributed by atoms with Crippen molar-refractivity contribution in [2.24, 2.45) is 0 Å². The van der Waals surface area contributed by atoms with Gasteiger partial charge in [-0.1, -0.05) is 6.07 Å². The van der Waals surface area contributed by atoms with Crippen LogP contribution >= 0.6 is 11.3 Å². The third-order valence-electron chi connectivity index (χ3n) is 3.43. The molecule has 0 aliphatic rings. The van der Waals surface area contributed by atoms with Gasteiger partial charge in [0.2, 0.25) is 0 Å². The Morgan fingerprint density at radius 3 is 2.83 bits per heavy atom. The van der Waals surface area contributed by atoms with Gasteiger partial charge in [0.05, 0.1) is 6.61 Å². The molecule has 6 heteroatoms. The van der Waals surface area contributed by atoms with Gasteiger partial charge in [-0.05, 0) is 30.7 Å². The number of hydrogen-bond acceptors (Lipinski definition) is 6. The van der Waals surface area contributed by atoms with Crippen molar-refractivity contribution in [3.8, 4) is 10.8 Å². The fraction of sp³-hybridized carbons (Fsp3) is 0.294. The first-order valence-corrected chi connectivity index (χ1v) is 8.30. The molecule has 0 aromatic carbocycles. The van der Waals surface area contributed by atoms with Crippen LogP contribution in [0, 0.1) is 6.92 Å². The summed E-state index contributed by atoms with van der Waals surface area (Å²) in [6, 6.07) is 7.85. The lowest BCUT2D eigenvalue weighted by molar-refractivity contribution is 0.185. The number of aryl methyl sites for hydroxylation is 1. The summed E-state index contributed by atoms with van der Waals surface area (Å²) in [6.07, 6.45) is 5.50. The fourth-order valence-corrected chi connectivity index (χ4v) is 3.29. The summed E-state index contributed by atoms with van der Waals surface area (Å²) in [4.78, 5) is 11.9. The van der Waals surface area contributed by atoms with Gasteiger partial charge in [0.25, 0.3) is 0 Å². The third-order valence-corrected chi connectivity index (χ3v) is 4.43. The average molecular weight is 329 g/mol. The molecule has 3 aromatic rings. The molecule has 3 aromatic heterocycles. The Morgan fingerprint density at radius 2 is 2.13 bits per heavy atom. The van der Waals surface area contributed by atoms with Crippen molar-refractivity contribution in [3.63, 3.8) is 0 Å². The molecule has 5 nitrogen and oxygen atoms in total. The first-order chi connectivity index (χ1) is 11.2. The van der Waals surface area contributed by atoms with Crippen LogP contribution in [0.1, 0.15) is 16.2 Å². The van der Waals surface area contributed by atoms with E-state index in [0.29, 0.717) is 6.54 Å². The van der Waals surface area contributed by atoms with Crippen molar-refractivity contribution in [3.05, 3.63) is 59.1 Å². The molecule has 0 unspecified atom stereocenters. The Labute approximate surface area is 139 Å². The Kier molecular flexibility index (Phi) is 5.17. The minimum absolute atomic E-state index is 0.128. The maximum Gasteiger partial charge on any atom is 0.162 e. The molecule has 0 atom stereocenters. The van der Waals surface area contributed by atoms with E-state index in [0.717, 1.165) is 40.1 Å². The van der Waals surface area contributed by atoms with Crippen LogP contribution in [0.4, 0.5) is 0 Å². The standard InChI is InChI=1S/C17H19N3O2S/c1-13-4-5-16(22-13)17-19-10-15(23-17)12-20(7-8-21)11-14-3-2-6-18-9-14/h2-6,9-10,21H,7-8,11-12H2,1H3. The first kappa shape index (κ1) is 15.9. The summed E-state index contributed by atoms with van der Waals surface area (Å²) in [6.45, 7) is 4.16. The molecule has 0 fully saturated rings. The van der Waals surface area contributed by atoms with Gasteiger partial charge >= 0.3 is 0 Å². The second-order valence-electron chi connectivity index (χ2n) is 5.34. The molecule has 120 valence electrons. The normalized spacial score (nSPS) is 11.3. The van der Waals surface area contributed by atoms with Crippen LogP contribution in [-0.2, 0) is 13.1 Å². The summed E-state index contributed by atoms with van der Waals surface area (Å²) in [5.74, 6) is 1.69. The smallest absolute Gasteiger partial charge is 0.162 e. The fourth-order valence-electron chi connectivity index (χ4n) is 2.37. The van der Waals surface area contributed by atoms with E-state index in [1.54, 1.807) is 17.5 Å². The van der Waals surface area contributed by atoms with Crippen molar-refractivity contribution < 1.29 is 9.52 Å². The zero-order valence-corrected chi connectivity index (χ0v) is 13.8. The van der Waals surface area contributed by atoms with Gasteiger partial charge in [0, 0.05) is 43.1 Å². The van der Waals surface area contributed by atoms with E-state index < -0.39 is 0 Å².